The molecule has 1 aliphatic heterocycles. The molecule has 0 spiro atoms. The second-order valence-electron chi connectivity index (χ2n) is 8.24. The van der Waals surface area contributed by atoms with Gasteiger partial charge in [-0.25, -0.2) is 0 Å². The lowest BCUT2D eigenvalue weighted by Gasteiger charge is -2.35. The smallest absolute Gasteiger partial charge is 0.103 e. The van der Waals surface area contributed by atoms with E-state index in [-0.39, 0.29) is 12.1 Å². The Hall–Kier alpha value is -3.23. The van der Waals surface area contributed by atoms with Crippen LogP contribution < -0.4 is 0 Å². The number of hydrogen-bond acceptors (Lipinski definition) is 2. The van der Waals surface area contributed by atoms with Gasteiger partial charge in [0.2, 0.25) is 0 Å². The van der Waals surface area contributed by atoms with E-state index in [1.165, 1.54) is 22.3 Å². The summed E-state index contributed by atoms with van der Waals surface area (Å²) in [5.74, 6) is 0. The van der Waals surface area contributed by atoms with E-state index in [1.807, 2.05) is 24.4 Å². The highest BCUT2D eigenvalue weighted by atomic mass is 35.5. The van der Waals surface area contributed by atoms with Gasteiger partial charge in [0.1, 0.15) is 12.1 Å². The van der Waals surface area contributed by atoms with Crippen LogP contribution in [-0.2, 0) is 0 Å². The Kier molecular flexibility index (Phi) is 4.47. The van der Waals surface area contributed by atoms with E-state index in [4.69, 9.17) is 21.6 Å². The van der Waals surface area contributed by atoms with Crippen LogP contribution >= 0.6 is 11.6 Å². The molecule has 0 amide bonds. The lowest BCUT2D eigenvalue weighted by molar-refractivity contribution is 0.606. The first-order valence-corrected chi connectivity index (χ1v) is 11.1. The van der Waals surface area contributed by atoms with Crippen LogP contribution in [0.1, 0.15) is 35.6 Å². The van der Waals surface area contributed by atoms with Crippen LogP contribution in [0.3, 0.4) is 0 Å². The summed E-state index contributed by atoms with van der Waals surface area (Å²) in [5, 5.41) is 0.741. The summed E-state index contributed by atoms with van der Waals surface area (Å²) < 4.78 is 0. The van der Waals surface area contributed by atoms with E-state index in [2.05, 4.69) is 66.7 Å². The zero-order valence-corrected chi connectivity index (χ0v) is 17.8. The van der Waals surface area contributed by atoms with Crippen molar-refractivity contribution in [1.29, 1.82) is 0 Å². The van der Waals surface area contributed by atoms with Crippen molar-refractivity contribution in [2.24, 2.45) is 9.98 Å². The fourth-order valence-electron chi connectivity index (χ4n) is 4.93. The van der Waals surface area contributed by atoms with Crippen LogP contribution in [0.5, 0.6) is 0 Å². The molecule has 2 nitrogen and oxygen atoms in total. The summed E-state index contributed by atoms with van der Waals surface area (Å²) in [4.78, 5) is 10.3. The normalized spacial score (nSPS) is 21.3. The second kappa shape index (κ2) is 7.47. The molecule has 3 aromatic carbocycles. The fourth-order valence-corrected chi connectivity index (χ4v) is 5.12. The van der Waals surface area contributed by atoms with Gasteiger partial charge in [-0.05, 0) is 64.4 Å². The second-order valence-corrected chi connectivity index (χ2v) is 8.67. The molecular formula is C28H21ClN2. The molecule has 31 heavy (non-hydrogen) atoms. The summed E-state index contributed by atoms with van der Waals surface area (Å²) in [6, 6.07) is 25.2. The number of aliphatic imine (C=N–C) groups is 2. The van der Waals surface area contributed by atoms with E-state index in [0.29, 0.717) is 0 Å². The fraction of sp³-hybridized carbons (Fsp3) is 0.143. The van der Waals surface area contributed by atoms with Crippen LogP contribution in [0.2, 0.25) is 5.02 Å². The quantitative estimate of drug-likeness (QED) is 0.422. The Morgan fingerprint density at radius 1 is 0.806 bits per heavy atom. The molecule has 3 aliphatic rings. The number of nitrogens with zero attached hydrogens (tertiary/aromatic N) is 2. The Morgan fingerprint density at radius 2 is 1.61 bits per heavy atom. The minimum atomic E-state index is 0.0209. The third-order valence-corrected chi connectivity index (χ3v) is 6.62. The van der Waals surface area contributed by atoms with Crippen LogP contribution in [0, 0.1) is 0 Å². The average molecular weight is 421 g/mol. The monoisotopic (exact) mass is 420 g/mol. The molecule has 0 N–H and O–H groups in total. The number of rotatable bonds is 2. The SMILES string of the molecule is Clc1cccc(-c2cccc(C3=NC4c5ccccc5C5=C(C=CCC5)C4N=C3)c2)c1. The highest BCUT2D eigenvalue weighted by molar-refractivity contribution is 6.39. The third kappa shape index (κ3) is 3.19. The van der Waals surface area contributed by atoms with Crippen molar-refractivity contribution in [3.8, 4) is 11.1 Å². The topological polar surface area (TPSA) is 24.7 Å². The van der Waals surface area contributed by atoms with Gasteiger partial charge in [0, 0.05) is 16.8 Å². The van der Waals surface area contributed by atoms with Crippen LogP contribution in [0.15, 0.2) is 101 Å². The maximum Gasteiger partial charge on any atom is 0.103 e. The van der Waals surface area contributed by atoms with Gasteiger partial charge in [0.25, 0.3) is 0 Å². The molecule has 3 aromatic rings. The van der Waals surface area contributed by atoms with Gasteiger partial charge in [-0.1, -0.05) is 78.4 Å². The molecule has 3 heteroatoms. The highest BCUT2D eigenvalue weighted by Crippen LogP contribution is 2.46. The molecule has 2 aliphatic carbocycles. The van der Waals surface area contributed by atoms with Gasteiger partial charge in [-0.3, -0.25) is 9.98 Å². The highest BCUT2D eigenvalue weighted by Gasteiger charge is 2.36. The van der Waals surface area contributed by atoms with Gasteiger partial charge in [0.05, 0.1) is 5.71 Å². The van der Waals surface area contributed by atoms with Crippen LogP contribution in [-0.4, -0.2) is 18.0 Å². The Balaban J connectivity index is 1.43. The Morgan fingerprint density at radius 3 is 2.52 bits per heavy atom. The Labute approximate surface area is 187 Å². The van der Waals surface area contributed by atoms with Crippen LogP contribution in [0.25, 0.3) is 16.7 Å². The minimum absolute atomic E-state index is 0.0209. The molecule has 0 radical (unpaired) electrons. The zero-order valence-electron chi connectivity index (χ0n) is 17.0. The molecule has 1 heterocycles. The summed E-state index contributed by atoms with van der Waals surface area (Å²) in [5.41, 5.74) is 9.66. The number of hydrogen-bond donors (Lipinski definition) is 0. The lowest BCUT2D eigenvalue weighted by atomic mass is 9.75. The first-order chi connectivity index (χ1) is 15.3. The van der Waals surface area contributed by atoms with Gasteiger partial charge in [-0.2, -0.15) is 0 Å². The van der Waals surface area contributed by atoms with E-state index in [0.717, 1.165) is 40.3 Å². The van der Waals surface area contributed by atoms with Gasteiger partial charge < -0.3 is 0 Å². The van der Waals surface area contributed by atoms with Crippen molar-refractivity contribution in [2.75, 3.05) is 0 Å². The molecule has 2 unspecified atom stereocenters. The summed E-state index contributed by atoms with van der Waals surface area (Å²) in [6.07, 6.45) is 8.68. The van der Waals surface area contributed by atoms with Crippen molar-refractivity contribution in [1.82, 2.24) is 0 Å². The predicted molar refractivity (Wildman–Crippen MR) is 130 cm³/mol. The summed E-state index contributed by atoms with van der Waals surface area (Å²) in [7, 11) is 0. The Bertz CT molecular complexity index is 1310. The summed E-state index contributed by atoms with van der Waals surface area (Å²) >= 11 is 6.21. The number of fused-ring (bicyclic) bond motifs is 5. The van der Waals surface area contributed by atoms with Crippen molar-refractivity contribution in [3.05, 3.63) is 112 Å². The van der Waals surface area contributed by atoms with E-state index in [9.17, 15) is 0 Å². The molecule has 2 atom stereocenters. The van der Waals surface area contributed by atoms with Crippen molar-refractivity contribution >= 4 is 29.1 Å². The maximum atomic E-state index is 6.21. The molecule has 6 rings (SSSR count). The van der Waals surface area contributed by atoms with Crippen molar-refractivity contribution in [2.45, 2.75) is 24.9 Å². The average Bonchev–Trinajstić information content (AvgIpc) is 2.84. The van der Waals surface area contributed by atoms with Gasteiger partial charge in [0.15, 0.2) is 0 Å². The molecule has 0 saturated carbocycles. The van der Waals surface area contributed by atoms with E-state index in [1.54, 1.807) is 0 Å². The lowest BCUT2D eigenvalue weighted by Crippen LogP contribution is -2.29. The summed E-state index contributed by atoms with van der Waals surface area (Å²) in [6.45, 7) is 0. The minimum Gasteiger partial charge on any atom is -0.280 e. The molecule has 0 aromatic heterocycles. The zero-order chi connectivity index (χ0) is 20.8. The maximum absolute atomic E-state index is 6.21. The van der Waals surface area contributed by atoms with E-state index >= 15 is 0 Å². The standard InChI is InChI=1S/C28H21ClN2/c29-21-10-6-8-19(16-21)18-7-5-9-20(15-18)26-17-30-27-24-13-3-1-11-22(24)23-12-2-4-14-25(23)28(27)31-26/h2-10,12-17,27-28H,1,11H2. The molecule has 0 saturated heterocycles. The first-order valence-electron chi connectivity index (χ1n) is 10.7. The third-order valence-electron chi connectivity index (χ3n) is 6.38. The first kappa shape index (κ1) is 18.5. The number of halogens is 1. The number of benzene rings is 3. The predicted octanol–water partition coefficient (Wildman–Crippen LogP) is 7.11. The van der Waals surface area contributed by atoms with E-state index < -0.39 is 0 Å². The molecule has 0 bridgehead atoms. The molecule has 150 valence electrons. The molecular weight excluding hydrogens is 400 g/mol. The van der Waals surface area contributed by atoms with Crippen molar-refractivity contribution < 1.29 is 0 Å². The van der Waals surface area contributed by atoms with Gasteiger partial charge >= 0.3 is 0 Å². The van der Waals surface area contributed by atoms with Gasteiger partial charge in [-0.15, -0.1) is 0 Å². The number of allylic oxidation sites excluding steroid dienone is 2. The van der Waals surface area contributed by atoms with Crippen LogP contribution in [0.4, 0.5) is 0 Å². The largest absolute Gasteiger partial charge is 0.280 e. The molecule has 0 fully saturated rings. The van der Waals surface area contributed by atoms with Crippen molar-refractivity contribution in [3.63, 3.8) is 0 Å².